The van der Waals surface area contributed by atoms with Gasteiger partial charge in [-0.3, -0.25) is 14.5 Å². The maximum absolute atomic E-state index is 13.5. The maximum Gasteiger partial charge on any atom is 0.295 e. The highest BCUT2D eigenvalue weighted by Crippen LogP contribution is 2.42. The van der Waals surface area contributed by atoms with Crippen molar-refractivity contribution in [2.45, 2.75) is 46.1 Å². The van der Waals surface area contributed by atoms with Crippen LogP contribution < -0.4 is 14.2 Å². The number of amides is 1. The van der Waals surface area contributed by atoms with Crippen LogP contribution >= 0.6 is 0 Å². The highest BCUT2D eigenvalue weighted by molar-refractivity contribution is 6.46. The molecule has 1 amide bonds. The lowest BCUT2D eigenvalue weighted by molar-refractivity contribution is -0.140. The number of hydrogen-bond acceptors (Lipinski definition) is 8. The Balaban J connectivity index is 1.68. The Bertz CT molecular complexity index is 1240. The average Bonchev–Trinajstić information content (AvgIpc) is 3.26. The molecule has 0 spiro atoms. The van der Waals surface area contributed by atoms with E-state index in [1.807, 2.05) is 12.1 Å². The summed E-state index contributed by atoms with van der Waals surface area (Å²) in [4.78, 5) is 30.7. The molecule has 1 unspecified atom stereocenters. The minimum Gasteiger partial charge on any atom is -0.507 e. The van der Waals surface area contributed by atoms with Crippen LogP contribution in [0.5, 0.6) is 17.2 Å². The Morgan fingerprint density at radius 2 is 1.74 bits per heavy atom. The first-order valence-corrected chi connectivity index (χ1v) is 15.0. The molecule has 0 bridgehead atoms. The first-order valence-electron chi connectivity index (χ1n) is 15.0. The van der Waals surface area contributed by atoms with Gasteiger partial charge >= 0.3 is 0 Å². The molecule has 1 atom stereocenters. The number of morpholine rings is 1. The van der Waals surface area contributed by atoms with Crippen LogP contribution in [0.25, 0.3) is 5.76 Å². The molecule has 9 nitrogen and oxygen atoms in total. The first-order chi connectivity index (χ1) is 20.3. The van der Waals surface area contributed by atoms with Crippen molar-refractivity contribution in [3.05, 3.63) is 59.2 Å². The van der Waals surface area contributed by atoms with Gasteiger partial charge < -0.3 is 29.0 Å². The highest BCUT2D eigenvalue weighted by atomic mass is 16.5. The van der Waals surface area contributed by atoms with Crippen LogP contribution in [0, 0.1) is 5.92 Å². The molecule has 0 aliphatic carbocycles. The Kier molecular flexibility index (Phi) is 11.3. The van der Waals surface area contributed by atoms with Gasteiger partial charge in [-0.15, -0.1) is 0 Å². The maximum atomic E-state index is 13.5. The topological polar surface area (TPSA) is 97.8 Å². The van der Waals surface area contributed by atoms with Gasteiger partial charge in [-0.2, -0.15) is 0 Å². The second kappa shape index (κ2) is 15.1. The van der Waals surface area contributed by atoms with Crippen molar-refractivity contribution in [3.8, 4) is 17.2 Å². The van der Waals surface area contributed by atoms with Crippen LogP contribution in [0.2, 0.25) is 0 Å². The first kappa shape index (κ1) is 31.4. The normalized spacial score (nSPS) is 19.0. The molecule has 0 radical (unpaired) electrons. The van der Waals surface area contributed by atoms with Crippen LogP contribution in [-0.4, -0.2) is 86.3 Å². The molecule has 2 saturated heterocycles. The quantitative estimate of drug-likeness (QED) is 0.144. The molecule has 2 heterocycles. The molecular weight excluding hydrogens is 536 g/mol. The molecule has 2 aliphatic rings. The Morgan fingerprint density at radius 3 is 2.40 bits per heavy atom. The number of Topliss-reactive ketones (excluding diaryl/α,β-unsaturated/α-hetero) is 1. The molecule has 0 saturated carbocycles. The number of hydrogen-bond donors (Lipinski definition) is 1. The Labute approximate surface area is 249 Å². The number of carbonyl (C=O) groups excluding carboxylic acids is 2. The summed E-state index contributed by atoms with van der Waals surface area (Å²) < 4.78 is 22.9. The van der Waals surface area contributed by atoms with Crippen LogP contribution in [0.1, 0.15) is 57.2 Å². The van der Waals surface area contributed by atoms with Gasteiger partial charge in [-0.1, -0.05) is 39.7 Å². The van der Waals surface area contributed by atoms with Gasteiger partial charge in [-0.05, 0) is 54.3 Å². The number of methoxy groups -OCH3 is 1. The minimum absolute atomic E-state index is 0.0523. The van der Waals surface area contributed by atoms with Gasteiger partial charge in [-0.25, -0.2) is 0 Å². The van der Waals surface area contributed by atoms with Crippen LogP contribution in [-0.2, 0) is 14.3 Å². The molecule has 2 aromatic carbocycles. The van der Waals surface area contributed by atoms with Gasteiger partial charge in [0.2, 0.25) is 0 Å². The molecule has 228 valence electrons. The summed E-state index contributed by atoms with van der Waals surface area (Å²) in [6, 6.07) is 11.6. The predicted octanol–water partition coefficient (Wildman–Crippen LogP) is 5.05. The zero-order valence-electron chi connectivity index (χ0n) is 25.3. The molecule has 2 aliphatic heterocycles. The summed E-state index contributed by atoms with van der Waals surface area (Å²) in [5.74, 6) is 0.582. The fourth-order valence-electron chi connectivity index (χ4n) is 5.17. The zero-order chi connectivity index (χ0) is 30.1. The van der Waals surface area contributed by atoms with E-state index in [-0.39, 0.29) is 11.3 Å². The average molecular weight is 581 g/mol. The van der Waals surface area contributed by atoms with E-state index in [1.165, 1.54) is 0 Å². The minimum atomic E-state index is -0.786. The van der Waals surface area contributed by atoms with Crippen LogP contribution in [0.4, 0.5) is 0 Å². The second-order valence-corrected chi connectivity index (χ2v) is 11.1. The number of ketones is 1. The Morgan fingerprint density at radius 1 is 1.00 bits per heavy atom. The number of carbonyl (C=O) groups is 2. The Hall–Kier alpha value is -3.56. The van der Waals surface area contributed by atoms with E-state index in [9.17, 15) is 14.7 Å². The van der Waals surface area contributed by atoms with E-state index in [0.29, 0.717) is 73.8 Å². The van der Waals surface area contributed by atoms with E-state index in [0.717, 1.165) is 32.4 Å². The molecular formula is C33H44N2O7. The number of aliphatic hydroxyl groups excluding tert-OH is 1. The summed E-state index contributed by atoms with van der Waals surface area (Å²) in [5, 5.41) is 11.5. The molecule has 42 heavy (non-hydrogen) atoms. The molecule has 2 aromatic rings. The van der Waals surface area contributed by atoms with Crippen LogP contribution in [0.15, 0.2) is 48.0 Å². The van der Waals surface area contributed by atoms with Crippen molar-refractivity contribution in [1.29, 1.82) is 0 Å². The third-order valence-corrected chi connectivity index (χ3v) is 7.52. The molecule has 0 aromatic heterocycles. The van der Waals surface area contributed by atoms with E-state index >= 15 is 0 Å². The number of benzene rings is 2. The monoisotopic (exact) mass is 580 g/mol. The fourth-order valence-corrected chi connectivity index (χ4v) is 5.17. The lowest BCUT2D eigenvalue weighted by Gasteiger charge is -2.31. The molecule has 4 rings (SSSR count). The number of ether oxygens (including phenoxy) is 4. The number of rotatable bonds is 14. The van der Waals surface area contributed by atoms with Gasteiger partial charge in [0.1, 0.15) is 11.5 Å². The standard InChI is InChI=1S/C33H44N2O7/c1-5-6-7-18-41-27-13-10-25(21-28(27)39-4)30-29(31(36)24-8-11-26(12-9-24)42-22-23(2)3)32(37)33(38)35(30)15-14-34-16-19-40-20-17-34/h8-13,21,23,30,36H,5-7,14-20,22H2,1-4H3. The van der Waals surface area contributed by atoms with Gasteiger partial charge in [0, 0.05) is 31.7 Å². The second-order valence-electron chi connectivity index (χ2n) is 11.1. The number of nitrogens with zero attached hydrogens (tertiary/aromatic N) is 2. The third-order valence-electron chi connectivity index (χ3n) is 7.52. The molecule has 2 fully saturated rings. The third kappa shape index (κ3) is 7.63. The summed E-state index contributed by atoms with van der Waals surface area (Å²) in [5.41, 5.74) is 1.15. The molecule has 1 N–H and O–H groups in total. The van der Waals surface area contributed by atoms with Crippen molar-refractivity contribution in [1.82, 2.24) is 9.80 Å². The number of likely N-dealkylation sites (tertiary alicyclic amines) is 1. The summed E-state index contributed by atoms with van der Waals surface area (Å²) in [7, 11) is 1.57. The van der Waals surface area contributed by atoms with Crippen molar-refractivity contribution in [2.24, 2.45) is 5.92 Å². The smallest absolute Gasteiger partial charge is 0.295 e. The van der Waals surface area contributed by atoms with Gasteiger partial charge in [0.25, 0.3) is 11.7 Å². The van der Waals surface area contributed by atoms with E-state index < -0.39 is 17.7 Å². The van der Waals surface area contributed by atoms with E-state index in [1.54, 1.807) is 42.3 Å². The van der Waals surface area contributed by atoms with Crippen LogP contribution in [0.3, 0.4) is 0 Å². The van der Waals surface area contributed by atoms with E-state index in [2.05, 4.69) is 25.7 Å². The van der Waals surface area contributed by atoms with Crippen molar-refractivity contribution in [3.63, 3.8) is 0 Å². The summed E-state index contributed by atoms with van der Waals surface area (Å²) >= 11 is 0. The van der Waals surface area contributed by atoms with Crippen molar-refractivity contribution >= 4 is 17.4 Å². The number of aliphatic hydroxyl groups is 1. The van der Waals surface area contributed by atoms with Gasteiger partial charge in [0.15, 0.2) is 11.5 Å². The molecule has 9 heteroatoms. The lowest BCUT2D eigenvalue weighted by atomic mass is 9.95. The van der Waals surface area contributed by atoms with Crippen molar-refractivity contribution in [2.75, 3.05) is 59.7 Å². The summed E-state index contributed by atoms with van der Waals surface area (Å²) in [6.45, 7) is 11.1. The largest absolute Gasteiger partial charge is 0.507 e. The predicted molar refractivity (Wildman–Crippen MR) is 161 cm³/mol. The van der Waals surface area contributed by atoms with Crippen molar-refractivity contribution < 1.29 is 33.6 Å². The van der Waals surface area contributed by atoms with Gasteiger partial charge in [0.05, 0.1) is 45.2 Å². The SMILES string of the molecule is CCCCCOc1ccc(C2C(=C(O)c3ccc(OCC(C)C)cc3)C(=O)C(=O)N2CCN2CCOCC2)cc1OC. The number of unbranched alkanes of at least 4 members (excludes halogenated alkanes) is 2. The highest BCUT2D eigenvalue weighted by Gasteiger charge is 2.46. The lowest BCUT2D eigenvalue weighted by Crippen LogP contribution is -2.42. The fraction of sp³-hybridized carbons (Fsp3) is 0.515. The van der Waals surface area contributed by atoms with E-state index in [4.69, 9.17) is 18.9 Å². The zero-order valence-corrected chi connectivity index (χ0v) is 25.3. The summed E-state index contributed by atoms with van der Waals surface area (Å²) in [6.07, 6.45) is 3.10.